The minimum atomic E-state index is -3.72. The molecule has 2 amide bonds. The van der Waals surface area contributed by atoms with Crippen LogP contribution in [0.4, 0.5) is 5.69 Å². The summed E-state index contributed by atoms with van der Waals surface area (Å²) in [5.74, 6) is -0.739. The maximum absolute atomic E-state index is 13.4. The van der Waals surface area contributed by atoms with E-state index in [1.807, 2.05) is 38.1 Å². The lowest BCUT2D eigenvalue weighted by Crippen LogP contribution is -2.51. The lowest BCUT2D eigenvalue weighted by atomic mass is 10.1. The third kappa shape index (κ3) is 7.34. The van der Waals surface area contributed by atoms with Gasteiger partial charge in [-0.05, 0) is 50.1 Å². The molecule has 2 rings (SSSR count). The van der Waals surface area contributed by atoms with E-state index >= 15 is 0 Å². The lowest BCUT2D eigenvalue weighted by molar-refractivity contribution is -0.139. The van der Waals surface area contributed by atoms with E-state index in [1.54, 1.807) is 31.2 Å². The van der Waals surface area contributed by atoms with Crippen LogP contribution in [0, 0.1) is 6.92 Å². The number of halogens is 1. The Morgan fingerprint density at radius 3 is 2.19 bits per heavy atom. The minimum Gasteiger partial charge on any atom is -0.354 e. The Hall–Kier alpha value is -2.39. The summed E-state index contributed by atoms with van der Waals surface area (Å²) < 4.78 is 26.9. The van der Waals surface area contributed by atoms with E-state index in [4.69, 9.17) is 0 Å². The van der Waals surface area contributed by atoms with Crippen molar-refractivity contribution < 1.29 is 18.0 Å². The minimum absolute atomic E-state index is 0.179. The van der Waals surface area contributed by atoms with E-state index in [1.165, 1.54) is 4.90 Å². The number of benzene rings is 2. The third-order valence-electron chi connectivity index (χ3n) is 4.98. The standard InChI is InChI=1S/C23H30BrN3O4S/c1-5-14-25-23(29)18(3)26(15-19-8-10-20(24)11-9-19)22(28)16-27(32(4,30)31)21-12-6-17(2)7-13-21/h6-13,18H,5,14-16H2,1-4H3,(H,25,29). The summed E-state index contributed by atoms with van der Waals surface area (Å²) in [5.41, 5.74) is 2.21. The Balaban J connectivity index is 2.34. The molecule has 2 aromatic carbocycles. The van der Waals surface area contributed by atoms with Crippen LogP contribution in [0.15, 0.2) is 53.0 Å². The Bertz CT molecular complexity index is 1020. The van der Waals surface area contributed by atoms with E-state index in [-0.39, 0.29) is 12.5 Å². The largest absolute Gasteiger partial charge is 0.354 e. The first-order valence-corrected chi connectivity index (χ1v) is 13.0. The number of carbonyl (C=O) groups is 2. The van der Waals surface area contributed by atoms with E-state index in [2.05, 4.69) is 21.2 Å². The summed E-state index contributed by atoms with van der Waals surface area (Å²) in [6.07, 6.45) is 1.84. The first-order valence-electron chi connectivity index (χ1n) is 10.4. The predicted molar refractivity (Wildman–Crippen MR) is 131 cm³/mol. The van der Waals surface area contributed by atoms with Gasteiger partial charge >= 0.3 is 0 Å². The van der Waals surface area contributed by atoms with E-state index < -0.39 is 28.5 Å². The molecule has 174 valence electrons. The second kappa shape index (κ2) is 11.5. The highest BCUT2D eigenvalue weighted by molar-refractivity contribution is 9.10. The van der Waals surface area contributed by atoms with Gasteiger partial charge in [0.15, 0.2) is 0 Å². The van der Waals surface area contributed by atoms with Crippen LogP contribution in [-0.4, -0.2) is 50.5 Å². The fraction of sp³-hybridized carbons (Fsp3) is 0.391. The van der Waals surface area contributed by atoms with Crippen molar-refractivity contribution in [2.24, 2.45) is 0 Å². The van der Waals surface area contributed by atoms with Crippen LogP contribution in [0.1, 0.15) is 31.4 Å². The Kier molecular flexibility index (Phi) is 9.27. The molecule has 1 unspecified atom stereocenters. The molecular weight excluding hydrogens is 494 g/mol. The van der Waals surface area contributed by atoms with E-state index in [0.717, 1.165) is 32.6 Å². The van der Waals surface area contributed by atoms with Crippen molar-refractivity contribution in [2.45, 2.75) is 39.8 Å². The zero-order chi connectivity index (χ0) is 23.9. The molecule has 0 spiro atoms. The van der Waals surface area contributed by atoms with Crippen LogP contribution >= 0.6 is 15.9 Å². The first kappa shape index (κ1) is 25.9. The predicted octanol–water partition coefficient (Wildman–Crippen LogP) is 3.47. The molecule has 0 aromatic heterocycles. The van der Waals surface area contributed by atoms with E-state index in [9.17, 15) is 18.0 Å². The Labute approximate surface area is 199 Å². The van der Waals surface area contributed by atoms with Gasteiger partial charge < -0.3 is 10.2 Å². The third-order valence-corrected chi connectivity index (χ3v) is 6.65. The molecule has 0 aliphatic carbocycles. The molecule has 0 aliphatic heterocycles. The SMILES string of the molecule is CCCNC(=O)C(C)N(Cc1ccc(Br)cc1)C(=O)CN(c1ccc(C)cc1)S(C)(=O)=O. The Morgan fingerprint density at radius 1 is 1.06 bits per heavy atom. The molecule has 1 N–H and O–H groups in total. The van der Waals surface area contributed by atoms with Crippen molar-refractivity contribution in [3.8, 4) is 0 Å². The molecule has 32 heavy (non-hydrogen) atoms. The van der Waals surface area contributed by atoms with Gasteiger partial charge in [-0.1, -0.05) is 52.7 Å². The summed E-state index contributed by atoms with van der Waals surface area (Å²) in [7, 11) is -3.72. The van der Waals surface area contributed by atoms with Gasteiger partial charge in [-0.3, -0.25) is 13.9 Å². The molecule has 0 aliphatic rings. The molecule has 0 saturated heterocycles. The molecule has 9 heteroatoms. The average molecular weight is 524 g/mol. The number of carbonyl (C=O) groups excluding carboxylic acids is 2. The molecule has 0 radical (unpaired) electrons. The lowest BCUT2D eigenvalue weighted by Gasteiger charge is -2.31. The van der Waals surface area contributed by atoms with Gasteiger partial charge in [0.25, 0.3) is 0 Å². The van der Waals surface area contributed by atoms with Gasteiger partial charge in [-0.2, -0.15) is 0 Å². The summed E-state index contributed by atoms with van der Waals surface area (Å²) >= 11 is 3.39. The van der Waals surface area contributed by atoms with Crippen molar-refractivity contribution in [2.75, 3.05) is 23.7 Å². The van der Waals surface area contributed by atoms with Crippen molar-refractivity contribution in [1.82, 2.24) is 10.2 Å². The molecule has 0 fully saturated rings. The van der Waals surface area contributed by atoms with Gasteiger partial charge in [-0.15, -0.1) is 0 Å². The highest BCUT2D eigenvalue weighted by Crippen LogP contribution is 2.20. The van der Waals surface area contributed by atoms with Crippen molar-refractivity contribution in [3.05, 3.63) is 64.1 Å². The summed E-state index contributed by atoms with van der Waals surface area (Å²) in [5, 5.41) is 2.81. The zero-order valence-electron chi connectivity index (χ0n) is 18.8. The number of nitrogens with zero attached hydrogens (tertiary/aromatic N) is 2. The first-order chi connectivity index (χ1) is 15.0. The number of amides is 2. The number of nitrogens with one attached hydrogen (secondary N) is 1. The van der Waals surface area contributed by atoms with Gasteiger partial charge in [-0.25, -0.2) is 8.42 Å². The topological polar surface area (TPSA) is 86.8 Å². The second-order valence-corrected chi connectivity index (χ2v) is 10.5. The number of aryl methyl sites for hydroxylation is 1. The van der Waals surface area contributed by atoms with Crippen molar-refractivity contribution >= 4 is 43.5 Å². The van der Waals surface area contributed by atoms with Gasteiger partial charge in [0.05, 0.1) is 11.9 Å². The number of rotatable bonds is 10. The summed E-state index contributed by atoms with van der Waals surface area (Å²) in [6, 6.07) is 13.6. The fourth-order valence-corrected chi connectivity index (χ4v) is 4.20. The van der Waals surface area contributed by atoms with Crippen LogP contribution < -0.4 is 9.62 Å². The summed E-state index contributed by atoms with van der Waals surface area (Å²) in [6.45, 7) is 5.78. The van der Waals surface area contributed by atoms with Gasteiger partial charge in [0.2, 0.25) is 21.8 Å². The monoisotopic (exact) mass is 523 g/mol. The van der Waals surface area contributed by atoms with Gasteiger partial charge in [0, 0.05) is 17.6 Å². The number of anilines is 1. The van der Waals surface area contributed by atoms with Crippen molar-refractivity contribution in [3.63, 3.8) is 0 Å². The van der Waals surface area contributed by atoms with Crippen LogP contribution in [0.25, 0.3) is 0 Å². The highest BCUT2D eigenvalue weighted by Gasteiger charge is 2.29. The van der Waals surface area contributed by atoms with Crippen LogP contribution in [0.3, 0.4) is 0 Å². The van der Waals surface area contributed by atoms with Crippen molar-refractivity contribution in [1.29, 1.82) is 0 Å². The summed E-state index contributed by atoms with van der Waals surface area (Å²) in [4.78, 5) is 27.4. The normalized spacial score (nSPS) is 12.2. The quantitative estimate of drug-likeness (QED) is 0.516. The van der Waals surface area contributed by atoms with Crippen LogP contribution in [-0.2, 0) is 26.2 Å². The smallest absolute Gasteiger partial charge is 0.244 e. The maximum atomic E-state index is 13.4. The highest BCUT2D eigenvalue weighted by atomic mass is 79.9. The number of hydrogen-bond acceptors (Lipinski definition) is 4. The van der Waals surface area contributed by atoms with Gasteiger partial charge in [0.1, 0.15) is 12.6 Å². The second-order valence-electron chi connectivity index (χ2n) is 7.72. The molecule has 0 bridgehead atoms. The maximum Gasteiger partial charge on any atom is 0.244 e. The van der Waals surface area contributed by atoms with Crippen LogP contribution in [0.5, 0.6) is 0 Å². The number of sulfonamides is 1. The molecular formula is C23H30BrN3O4S. The zero-order valence-corrected chi connectivity index (χ0v) is 21.2. The molecule has 2 aromatic rings. The molecule has 0 saturated carbocycles. The average Bonchev–Trinajstić information content (AvgIpc) is 2.74. The number of hydrogen-bond donors (Lipinski definition) is 1. The van der Waals surface area contributed by atoms with E-state index in [0.29, 0.717) is 12.2 Å². The van der Waals surface area contributed by atoms with Crippen LogP contribution in [0.2, 0.25) is 0 Å². The molecule has 7 nitrogen and oxygen atoms in total. The molecule has 0 heterocycles. The molecule has 1 atom stereocenters. The Morgan fingerprint density at radius 2 is 1.66 bits per heavy atom. The fourth-order valence-electron chi connectivity index (χ4n) is 3.09.